The average Bonchev–Trinajstić information content (AvgIpc) is 2.77. The van der Waals surface area contributed by atoms with E-state index >= 15 is 0 Å². The number of halogens is 3. The predicted octanol–water partition coefficient (Wildman–Crippen LogP) is 5.63. The Morgan fingerprint density at radius 2 is 1.68 bits per heavy atom. The molecular weight excluding hydrogens is 438 g/mol. The zero-order valence-corrected chi connectivity index (χ0v) is 18.8. The fourth-order valence-corrected chi connectivity index (χ4v) is 4.27. The fourth-order valence-electron chi connectivity index (χ4n) is 3.98. The van der Waals surface area contributed by atoms with Crippen molar-refractivity contribution in [2.75, 3.05) is 5.88 Å². The van der Waals surface area contributed by atoms with E-state index in [0.717, 1.165) is 31.2 Å². The highest BCUT2D eigenvalue weighted by Crippen LogP contribution is 2.27. The Kier molecular flexibility index (Phi) is 8.73. The fraction of sp³-hybridized carbons (Fsp3) is 0.417. The normalized spacial score (nSPS) is 15.3. The first-order valence-electron chi connectivity index (χ1n) is 10.6. The van der Waals surface area contributed by atoms with Crippen molar-refractivity contribution < 1.29 is 14.0 Å². The van der Waals surface area contributed by atoms with Gasteiger partial charge in [0.2, 0.25) is 11.8 Å². The molecule has 1 unspecified atom stereocenters. The van der Waals surface area contributed by atoms with Crippen molar-refractivity contribution in [3.8, 4) is 0 Å². The van der Waals surface area contributed by atoms with Gasteiger partial charge in [0.15, 0.2) is 0 Å². The van der Waals surface area contributed by atoms with Crippen LogP contribution in [0.15, 0.2) is 48.5 Å². The van der Waals surface area contributed by atoms with Crippen molar-refractivity contribution in [3.63, 3.8) is 0 Å². The van der Waals surface area contributed by atoms with Crippen LogP contribution in [0.1, 0.15) is 55.7 Å². The Morgan fingerprint density at radius 3 is 2.29 bits per heavy atom. The molecule has 0 aliphatic heterocycles. The Morgan fingerprint density at radius 1 is 1.03 bits per heavy atom. The molecule has 1 atom stereocenters. The minimum Gasteiger partial charge on any atom is -0.351 e. The van der Waals surface area contributed by atoms with Gasteiger partial charge in [0, 0.05) is 29.9 Å². The van der Waals surface area contributed by atoms with E-state index < -0.39 is 6.04 Å². The van der Waals surface area contributed by atoms with E-state index in [1.807, 2.05) is 0 Å². The van der Waals surface area contributed by atoms with Crippen molar-refractivity contribution in [1.29, 1.82) is 0 Å². The van der Waals surface area contributed by atoms with Crippen LogP contribution in [0.25, 0.3) is 0 Å². The molecule has 1 saturated carbocycles. The lowest BCUT2D eigenvalue weighted by Crippen LogP contribution is -2.46. The predicted molar refractivity (Wildman–Crippen MR) is 121 cm³/mol. The van der Waals surface area contributed by atoms with Crippen LogP contribution in [0.2, 0.25) is 5.02 Å². The molecule has 7 heteroatoms. The number of hydrogen-bond acceptors (Lipinski definition) is 2. The van der Waals surface area contributed by atoms with Crippen LogP contribution in [0, 0.1) is 5.82 Å². The van der Waals surface area contributed by atoms with Crippen LogP contribution in [0.5, 0.6) is 0 Å². The molecule has 0 spiro atoms. The molecule has 3 rings (SSSR count). The lowest BCUT2D eigenvalue weighted by molar-refractivity contribution is -0.141. The SMILES string of the molecule is O=C(NC1CCCCC1)C(c1ccc(Cl)cc1)N(Cc1ccc(F)cc1)C(=O)CCCl. The molecule has 31 heavy (non-hydrogen) atoms. The lowest BCUT2D eigenvalue weighted by Gasteiger charge is -2.33. The highest BCUT2D eigenvalue weighted by Gasteiger charge is 2.32. The number of amides is 2. The summed E-state index contributed by atoms with van der Waals surface area (Å²) in [7, 11) is 0. The number of carbonyl (C=O) groups is 2. The second-order valence-electron chi connectivity index (χ2n) is 7.88. The van der Waals surface area contributed by atoms with Gasteiger partial charge in [-0.1, -0.05) is 55.1 Å². The van der Waals surface area contributed by atoms with Crippen LogP contribution in [0.3, 0.4) is 0 Å². The number of hydrogen-bond donors (Lipinski definition) is 1. The third kappa shape index (κ3) is 6.68. The third-order valence-corrected chi connectivity index (χ3v) is 6.03. The van der Waals surface area contributed by atoms with E-state index in [1.54, 1.807) is 36.4 Å². The number of benzene rings is 2. The number of nitrogens with one attached hydrogen (secondary N) is 1. The van der Waals surface area contributed by atoms with Crippen molar-refractivity contribution >= 4 is 35.0 Å². The van der Waals surface area contributed by atoms with Gasteiger partial charge < -0.3 is 10.2 Å². The Bertz CT molecular complexity index is 868. The summed E-state index contributed by atoms with van der Waals surface area (Å²) >= 11 is 11.9. The lowest BCUT2D eigenvalue weighted by atomic mass is 9.94. The summed E-state index contributed by atoms with van der Waals surface area (Å²) in [6, 6.07) is 12.1. The van der Waals surface area contributed by atoms with Gasteiger partial charge in [0.05, 0.1) is 0 Å². The smallest absolute Gasteiger partial charge is 0.247 e. The molecule has 1 aliphatic carbocycles. The van der Waals surface area contributed by atoms with Crippen LogP contribution in [0.4, 0.5) is 4.39 Å². The van der Waals surface area contributed by atoms with Crippen molar-refractivity contribution in [1.82, 2.24) is 10.2 Å². The summed E-state index contributed by atoms with van der Waals surface area (Å²) in [6.07, 6.45) is 5.32. The van der Waals surface area contributed by atoms with Crippen LogP contribution in [-0.4, -0.2) is 28.6 Å². The van der Waals surface area contributed by atoms with Crippen LogP contribution < -0.4 is 5.32 Å². The largest absolute Gasteiger partial charge is 0.351 e. The van der Waals surface area contributed by atoms with E-state index in [9.17, 15) is 14.0 Å². The molecule has 2 amide bonds. The minimum absolute atomic E-state index is 0.101. The highest BCUT2D eigenvalue weighted by molar-refractivity contribution is 6.30. The summed E-state index contributed by atoms with van der Waals surface area (Å²) in [4.78, 5) is 28.0. The second-order valence-corrected chi connectivity index (χ2v) is 8.70. The highest BCUT2D eigenvalue weighted by atomic mass is 35.5. The maximum absolute atomic E-state index is 13.5. The van der Waals surface area contributed by atoms with Gasteiger partial charge in [-0.05, 0) is 48.2 Å². The number of alkyl halides is 1. The van der Waals surface area contributed by atoms with Gasteiger partial charge in [-0.2, -0.15) is 0 Å². The van der Waals surface area contributed by atoms with E-state index in [-0.39, 0.29) is 42.5 Å². The van der Waals surface area contributed by atoms with Crippen LogP contribution >= 0.6 is 23.2 Å². The molecule has 166 valence electrons. The van der Waals surface area contributed by atoms with Crippen LogP contribution in [-0.2, 0) is 16.1 Å². The maximum Gasteiger partial charge on any atom is 0.247 e. The summed E-state index contributed by atoms with van der Waals surface area (Å²) in [5.74, 6) is -0.667. The summed E-state index contributed by atoms with van der Waals surface area (Å²) < 4.78 is 13.4. The zero-order valence-electron chi connectivity index (χ0n) is 17.3. The monoisotopic (exact) mass is 464 g/mol. The molecule has 0 radical (unpaired) electrons. The van der Waals surface area contributed by atoms with Gasteiger partial charge in [0.1, 0.15) is 11.9 Å². The molecule has 0 bridgehead atoms. The minimum atomic E-state index is -0.833. The van der Waals surface area contributed by atoms with Crippen molar-refractivity contribution in [2.45, 2.75) is 57.2 Å². The Hall–Kier alpha value is -2.11. The Labute approximate surface area is 192 Å². The molecular formula is C24H27Cl2FN2O2. The first-order valence-corrected chi connectivity index (χ1v) is 11.5. The van der Waals surface area contributed by atoms with Gasteiger partial charge >= 0.3 is 0 Å². The van der Waals surface area contributed by atoms with E-state index in [0.29, 0.717) is 10.6 Å². The third-order valence-electron chi connectivity index (χ3n) is 5.59. The van der Waals surface area contributed by atoms with E-state index in [1.165, 1.54) is 23.5 Å². The molecule has 1 fully saturated rings. The first kappa shape index (κ1) is 23.6. The molecule has 0 heterocycles. The molecule has 1 N–H and O–H groups in total. The number of carbonyl (C=O) groups excluding carboxylic acids is 2. The number of nitrogens with zero attached hydrogens (tertiary/aromatic N) is 1. The van der Waals surface area contributed by atoms with Crippen molar-refractivity contribution in [2.24, 2.45) is 0 Å². The summed E-state index contributed by atoms with van der Waals surface area (Å²) in [5, 5.41) is 3.69. The molecule has 0 saturated heterocycles. The van der Waals surface area contributed by atoms with Crippen molar-refractivity contribution in [3.05, 3.63) is 70.5 Å². The number of rotatable bonds is 8. The van der Waals surface area contributed by atoms with E-state index in [2.05, 4.69) is 5.32 Å². The Balaban J connectivity index is 1.94. The quantitative estimate of drug-likeness (QED) is 0.514. The molecule has 1 aliphatic rings. The molecule has 2 aromatic carbocycles. The topological polar surface area (TPSA) is 49.4 Å². The zero-order chi connectivity index (χ0) is 22.2. The molecule has 2 aromatic rings. The maximum atomic E-state index is 13.5. The average molecular weight is 465 g/mol. The van der Waals surface area contributed by atoms with Gasteiger partial charge in [-0.3, -0.25) is 9.59 Å². The summed E-state index contributed by atoms with van der Waals surface area (Å²) in [5.41, 5.74) is 1.40. The standard InChI is InChI=1S/C24H27Cl2FN2O2/c25-15-14-22(30)29(16-17-6-12-20(27)13-7-17)23(18-8-10-19(26)11-9-18)24(31)28-21-4-2-1-3-5-21/h6-13,21,23H,1-5,14-16H2,(H,28,31). The molecule has 4 nitrogen and oxygen atoms in total. The van der Waals surface area contributed by atoms with E-state index in [4.69, 9.17) is 23.2 Å². The second kappa shape index (κ2) is 11.5. The van der Waals surface area contributed by atoms with Gasteiger partial charge in [-0.15, -0.1) is 11.6 Å². The first-order chi connectivity index (χ1) is 15.0. The van der Waals surface area contributed by atoms with Gasteiger partial charge in [-0.25, -0.2) is 4.39 Å². The van der Waals surface area contributed by atoms with Gasteiger partial charge in [0.25, 0.3) is 0 Å². The summed E-state index contributed by atoms with van der Waals surface area (Å²) in [6.45, 7) is 0.168. The molecule has 0 aromatic heterocycles.